The van der Waals surface area contributed by atoms with E-state index in [4.69, 9.17) is 40.2 Å². The molecule has 8 heteroatoms. The van der Waals surface area contributed by atoms with Crippen LogP contribution < -0.4 is 15.0 Å². The second kappa shape index (κ2) is 9.06. The minimum absolute atomic E-state index is 0.166. The molecule has 0 bridgehead atoms. The van der Waals surface area contributed by atoms with Crippen LogP contribution >= 0.6 is 35.4 Å². The zero-order valence-corrected chi connectivity index (χ0v) is 20.0. The van der Waals surface area contributed by atoms with E-state index in [1.807, 2.05) is 66.9 Å². The summed E-state index contributed by atoms with van der Waals surface area (Å²) < 4.78 is 7.42. The Bertz CT molecular complexity index is 1290. The maximum absolute atomic E-state index is 6.58. The van der Waals surface area contributed by atoms with Crippen molar-refractivity contribution in [1.29, 1.82) is 0 Å². The third-order valence-corrected chi connectivity index (χ3v) is 6.55. The SMILES string of the molecule is COc1ccc(N2C(=S)N[C@@H](c3ccccn3)[C@H]2c2cccn2-c2ccc(Cl)cc2Cl)cc1. The summed E-state index contributed by atoms with van der Waals surface area (Å²) in [5, 5.41) is 5.26. The number of pyridine rings is 1. The van der Waals surface area contributed by atoms with Crippen molar-refractivity contribution < 1.29 is 4.74 Å². The second-order valence-electron chi connectivity index (χ2n) is 7.59. The lowest BCUT2D eigenvalue weighted by Crippen LogP contribution is -2.30. The summed E-state index contributed by atoms with van der Waals surface area (Å²) in [7, 11) is 1.65. The number of aromatic nitrogens is 2. The zero-order chi connectivity index (χ0) is 22.9. The van der Waals surface area contributed by atoms with E-state index in [9.17, 15) is 0 Å². The summed E-state index contributed by atoms with van der Waals surface area (Å²) in [5.41, 5.74) is 3.70. The number of nitrogens with zero attached hydrogens (tertiary/aromatic N) is 3. The number of nitrogens with one attached hydrogen (secondary N) is 1. The van der Waals surface area contributed by atoms with Crippen LogP contribution in [0, 0.1) is 0 Å². The van der Waals surface area contributed by atoms with Crippen LogP contribution in [0.15, 0.2) is 85.2 Å². The summed E-state index contributed by atoms with van der Waals surface area (Å²) in [6, 6.07) is 23.0. The van der Waals surface area contributed by atoms with Crippen LogP contribution in [-0.2, 0) is 0 Å². The molecule has 0 spiro atoms. The van der Waals surface area contributed by atoms with Gasteiger partial charge in [-0.1, -0.05) is 29.3 Å². The lowest BCUT2D eigenvalue weighted by Gasteiger charge is -2.29. The highest BCUT2D eigenvalue weighted by Gasteiger charge is 2.42. The van der Waals surface area contributed by atoms with Crippen molar-refractivity contribution >= 4 is 46.2 Å². The van der Waals surface area contributed by atoms with Crippen LogP contribution in [0.5, 0.6) is 5.75 Å². The Balaban J connectivity index is 1.66. The summed E-state index contributed by atoms with van der Waals surface area (Å²) in [6.07, 6.45) is 3.79. The second-order valence-corrected chi connectivity index (χ2v) is 8.82. The fourth-order valence-electron chi connectivity index (χ4n) is 4.21. The van der Waals surface area contributed by atoms with Gasteiger partial charge in [0.1, 0.15) is 11.8 Å². The molecule has 0 aliphatic carbocycles. The van der Waals surface area contributed by atoms with Crippen LogP contribution in [0.25, 0.3) is 5.69 Å². The van der Waals surface area contributed by atoms with Gasteiger partial charge in [0.05, 0.1) is 29.6 Å². The first-order valence-corrected chi connectivity index (χ1v) is 11.5. The molecule has 2 atom stereocenters. The number of methoxy groups -OCH3 is 1. The molecule has 2 aromatic heterocycles. The average molecular weight is 495 g/mol. The molecule has 0 saturated carbocycles. The predicted molar refractivity (Wildman–Crippen MR) is 137 cm³/mol. The van der Waals surface area contributed by atoms with Crippen LogP contribution in [0.1, 0.15) is 23.5 Å². The van der Waals surface area contributed by atoms with Crippen LogP contribution in [0.2, 0.25) is 10.0 Å². The molecule has 0 unspecified atom stereocenters. The Hall–Kier alpha value is -3.06. The molecule has 1 fully saturated rings. The minimum Gasteiger partial charge on any atom is -0.497 e. The van der Waals surface area contributed by atoms with E-state index in [1.165, 1.54) is 0 Å². The van der Waals surface area contributed by atoms with Gasteiger partial charge in [0.2, 0.25) is 0 Å². The van der Waals surface area contributed by atoms with Gasteiger partial charge in [-0.2, -0.15) is 0 Å². The molecule has 2 aromatic carbocycles. The molecule has 1 N–H and O–H groups in total. The molecule has 1 aliphatic rings. The lowest BCUT2D eigenvalue weighted by atomic mass is 10.0. The van der Waals surface area contributed by atoms with Gasteiger partial charge in [0.15, 0.2) is 5.11 Å². The van der Waals surface area contributed by atoms with Crippen molar-refractivity contribution in [3.8, 4) is 11.4 Å². The molecule has 166 valence electrons. The number of benzene rings is 2. The number of halogens is 2. The van der Waals surface area contributed by atoms with Crippen molar-refractivity contribution in [1.82, 2.24) is 14.9 Å². The Labute approximate surface area is 207 Å². The van der Waals surface area contributed by atoms with Gasteiger partial charge in [-0.25, -0.2) is 0 Å². The molecular formula is C25H20Cl2N4OS. The first-order chi connectivity index (χ1) is 16.1. The van der Waals surface area contributed by atoms with Gasteiger partial charge >= 0.3 is 0 Å². The van der Waals surface area contributed by atoms with Crippen LogP contribution in [0.4, 0.5) is 5.69 Å². The van der Waals surface area contributed by atoms with E-state index in [0.29, 0.717) is 15.2 Å². The predicted octanol–water partition coefficient (Wildman–Crippen LogP) is 6.36. The monoisotopic (exact) mass is 494 g/mol. The number of rotatable bonds is 5. The van der Waals surface area contributed by atoms with Gasteiger partial charge in [0.25, 0.3) is 0 Å². The van der Waals surface area contributed by atoms with E-state index in [1.54, 1.807) is 19.4 Å². The fourth-order valence-corrected chi connectivity index (χ4v) is 5.05. The number of thiocarbonyl (C=S) groups is 1. The number of hydrogen-bond donors (Lipinski definition) is 1. The summed E-state index contributed by atoms with van der Waals surface area (Å²) in [6.45, 7) is 0. The third kappa shape index (κ3) is 4.06. The molecule has 33 heavy (non-hydrogen) atoms. The van der Waals surface area contributed by atoms with Crippen LogP contribution in [-0.4, -0.2) is 21.8 Å². The van der Waals surface area contributed by atoms with Crippen molar-refractivity contribution in [2.45, 2.75) is 12.1 Å². The quantitative estimate of drug-likeness (QED) is 0.326. The highest BCUT2D eigenvalue weighted by atomic mass is 35.5. The fraction of sp³-hybridized carbons (Fsp3) is 0.120. The van der Waals surface area contributed by atoms with E-state index in [-0.39, 0.29) is 12.1 Å². The van der Waals surface area contributed by atoms with E-state index < -0.39 is 0 Å². The number of ether oxygens (including phenoxy) is 1. The first-order valence-electron chi connectivity index (χ1n) is 10.3. The third-order valence-electron chi connectivity index (χ3n) is 5.70. The Morgan fingerprint density at radius 3 is 2.52 bits per heavy atom. The van der Waals surface area contributed by atoms with Crippen molar-refractivity contribution in [3.63, 3.8) is 0 Å². The summed E-state index contributed by atoms with van der Waals surface area (Å²) in [4.78, 5) is 6.74. The molecule has 0 amide bonds. The summed E-state index contributed by atoms with van der Waals surface area (Å²) >= 11 is 18.5. The molecule has 5 rings (SSSR count). The van der Waals surface area contributed by atoms with Gasteiger partial charge in [-0.05, 0) is 78.9 Å². The van der Waals surface area contributed by atoms with Crippen molar-refractivity contribution in [2.75, 3.05) is 12.0 Å². The van der Waals surface area contributed by atoms with Gasteiger partial charge in [-0.15, -0.1) is 0 Å². The van der Waals surface area contributed by atoms with Gasteiger partial charge in [0, 0.05) is 28.8 Å². The topological polar surface area (TPSA) is 42.3 Å². The van der Waals surface area contributed by atoms with Crippen molar-refractivity contribution in [3.05, 3.63) is 107 Å². The standard InChI is InChI=1S/C25H20Cl2N4OS/c1-32-18-10-8-17(9-11-18)31-24(23(29-25(31)33)20-5-2-3-13-28-20)22-6-4-14-30(22)21-12-7-16(26)15-19(21)27/h2-15,23-24H,1H3,(H,29,33)/t23-,24+/m0/s1. The smallest absolute Gasteiger partial charge is 0.174 e. The molecule has 3 heterocycles. The normalized spacial score (nSPS) is 17.8. The summed E-state index contributed by atoms with van der Waals surface area (Å²) in [5.74, 6) is 0.783. The molecule has 0 radical (unpaired) electrons. The van der Waals surface area contributed by atoms with Gasteiger partial charge in [-0.3, -0.25) is 4.98 Å². The minimum atomic E-state index is -0.178. The van der Waals surface area contributed by atoms with E-state index >= 15 is 0 Å². The Morgan fingerprint density at radius 2 is 1.82 bits per heavy atom. The maximum Gasteiger partial charge on any atom is 0.174 e. The number of hydrogen-bond acceptors (Lipinski definition) is 3. The highest BCUT2D eigenvalue weighted by molar-refractivity contribution is 7.80. The van der Waals surface area contributed by atoms with Crippen LogP contribution in [0.3, 0.4) is 0 Å². The average Bonchev–Trinajstić information content (AvgIpc) is 3.44. The van der Waals surface area contributed by atoms with E-state index in [0.717, 1.165) is 28.5 Å². The lowest BCUT2D eigenvalue weighted by molar-refractivity contribution is 0.415. The highest BCUT2D eigenvalue weighted by Crippen LogP contribution is 2.43. The largest absolute Gasteiger partial charge is 0.497 e. The Morgan fingerprint density at radius 1 is 1.00 bits per heavy atom. The molecule has 4 aromatic rings. The first kappa shape index (κ1) is 21.8. The Kier molecular flexibility index (Phi) is 5.98. The van der Waals surface area contributed by atoms with E-state index in [2.05, 4.69) is 25.8 Å². The maximum atomic E-state index is 6.58. The number of anilines is 1. The van der Waals surface area contributed by atoms with Crippen molar-refractivity contribution in [2.24, 2.45) is 0 Å². The van der Waals surface area contributed by atoms with Gasteiger partial charge < -0.3 is 19.5 Å². The molecule has 1 aliphatic heterocycles. The molecule has 5 nitrogen and oxygen atoms in total. The molecule has 1 saturated heterocycles. The molecular weight excluding hydrogens is 475 g/mol. The zero-order valence-electron chi connectivity index (χ0n) is 17.7.